The van der Waals surface area contributed by atoms with Crippen LogP contribution in [-0.4, -0.2) is 22.4 Å². The second-order valence-electron chi connectivity index (χ2n) is 8.21. The maximum Gasteiger partial charge on any atom is 0.224 e. The number of hydrogen-bond acceptors (Lipinski definition) is 4. The highest BCUT2D eigenvalue weighted by molar-refractivity contribution is 5.94. The molecular formula is C26H26F2N4O. The number of nitrogens with zero attached hydrogens (tertiary/aromatic N) is 2. The quantitative estimate of drug-likeness (QED) is 0.437. The van der Waals surface area contributed by atoms with Crippen LogP contribution in [0.3, 0.4) is 0 Å². The number of anilines is 1. The molecule has 0 radical (unpaired) electrons. The molecule has 0 saturated heterocycles. The lowest BCUT2D eigenvalue weighted by atomic mass is 9.93. The molecule has 0 saturated carbocycles. The summed E-state index contributed by atoms with van der Waals surface area (Å²) in [6.45, 7) is 9.42. The largest absolute Gasteiger partial charge is 0.369 e. The Morgan fingerprint density at radius 3 is 2.58 bits per heavy atom. The molecule has 0 fully saturated rings. The number of fused-ring (bicyclic) bond motifs is 1. The van der Waals surface area contributed by atoms with E-state index in [0.717, 1.165) is 6.07 Å². The molecule has 170 valence electrons. The number of nitrogens with two attached hydrogens (primary N) is 1. The molecular weight excluding hydrogens is 422 g/mol. The molecule has 3 rings (SSSR count). The molecule has 0 atom stereocenters. The average molecular weight is 449 g/mol. The van der Waals surface area contributed by atoms with Crippen LogP contribution in [0.4, 0.5) is 14.6 Å². The van der Waals surface area contributed by atoms with Crippen molar-refractivity contribution in [3.63, 3.8) is 0 Å². The van der Waals surface area contributed by atoms with Crippen molar-refractivity contribution in [2.45, 2.75) is 20.8 Å². The van der Waals surface area contributed by atoms with Gasteiger partial charge in [-0.15, -0.1) is 0 Å². The van der Waals surface area contributed by atoms with E-state index in [1.807, 2.05) is 25.2 Å². The molecule has 33 heavy (non-hydrogen) atoms. The molecule has 1 aromatic heterocycles. The highest BCUT2D eigenvalue weighted by Gasteiger charge is 2.25. The summed E-state index contributed by atoms with van der Waals surface area (Å²) in [5.41, 5.74) is 6.80. The van der Waals surface area contributed by atoms with Gasteiger partial charge in [0.05, 0.1) is 10.9 Å². The van der Waals surface area contributed by atoms with Gasteiger partial charge in [-0.1, -0.05) is 36.9 Å². The SMILES string of the molecule is C=C/C(=C\C=C/C)c1nc(NCC(C)(C)C(N)=O)c2cc(-c3ccc(F)cc3F)ccc2n1. The first-order valence-electron chi connectivity index (χ1n) is 10.4. The number of allylic oxidation sites excluding steroid dienone is 5. The molecule has 0 unspecified atom stereocenters. The van der Waals surface area contributed by atoms with Crippen LogP contribution in [0.5, 0.6) is 0 Å². The number of nitrogens with one attached hydrogen (secondary N) is 1. The van der Waals surface area contributed by atoms with Crippen molar-refractivity contribution < 1.29 is 13.6 Å². The molecule has 0 aliphatic heterocycles. The molecule has 0 aliphatic rings. The third kappa shape index (κ3) is 5.31. The predicted octanol–water partition coefficient (Wildman–Crippen LogP) is 5.64. The van der Waals surface area contributed by atoms with Crippen molar-refractivity contribution in [1.82, 2.24) is 9.97 Å². The van der Waals surface area contributed by atoms with E-state index in [0.29, 0.717) is 33.7 Å². The van der Waals surface area contributed by atoms with Crippen LogP contribution in [0.15, 0.2) is 67.3 Å². The van der Waals surface area contributed by atoms with Gasteiger partial charge in [-0.3, -0.25) is 4.79 Å². The van der Waals surface area contributed by atoms with Gasteiger partial charge in [-0.05, 0) is 50.6 Å². The third-order valence-corrected chi connectivity index (χ3v) is 5.25. The molecule has 2 aromatic carbocycles. The van der Waals surface area contributed by atoms with E-state index in [4.69, 9.17) is 5.73 Å². The minimum atomic E-state index is -0.833. The first-order chi connectivity index (χ1) is 15.7. The van der Waals surface area contributed by atoms with Crippen LogP contribution in [0.2, 0.25) is 0 Å². The van der Waals surface area contributed by atoms with Crippen LogP contribution in [0, 0.1) is 17.0 Å². The van der Waals surface area contributed by atoms with Gasteiger partial charge in [0.25, 0.3) is 0 Å². The third-order valence-electron chi connectivity index (χ3n) is 5.25. The van der Waals surface area contributed by atoms with Crippen molar-refractivity contribution in [2.24, 2.45) is 11.1 Å². The average Bonchev–Trinajstić information content (AvgIpc) is 2.77. The zero-order valence-corrected chi connectivity index (χ0v) is 18.8. The number of amides is 1. The maximum atomic E-state index is 14.4. The minimum Gasteiger partial charge on any atom is -0.369 e. The Morgan fingerprint density at radius 2 is 1.94 bits per heavy atom. The molecule has 3 aromatic rings. The van der Waals surface area contributed by atoms with Gasteiger partial charge in [0.2, 0.25) is 5.91 Å². The van der Waals surface area contributed by atoms with Gasteiger partial charge in [0.15, 0.2) is 5.82 Å². The normalized spacial score (nSPS) is 12.3. The van der Waals surface area contributed by atoms with Gasteiger partial charge in [0.1, 0.15) is 17.5 Å². The van der Waals surface area contributed by atoms with E-state index in [9.17, 15) is 13.6 Å². The molecule has 5 nitrogen and oxygen atoms in total. The number of halogens is 2. The van der Waals surface area contributed by atoms with Gasteiger partial charge in [0, 0.05) is 29.1 Å². The molecule has 0 bridgehead atoms. The Labute approximate surface area is 191 Å². The number of aromatic nitrogens is 2. The molecule has 3 N–H and O–H groups in total. The van der Waals surface area contributed by atoms with E-state index in [1.165, 1.54) is 12.1 Å². The van der Waals surface area contributed by atoms with Gasteiger partial charge >= 0.3 is 0 Å². The summed E-state index contributed by atoms with van der Waals surface area (Å²) in [5, 5.41) is 3.82. The first kappa shape index (κ1) is 23.8. The van der Waals surface area contributed by atoms with Crippen LogP contribution in [0.1, 0.15) is 26.6 Å². The van der Waals surface area contributed by atoms with Crippen molar-refractivity contribution in [3.8, 4) is 11.1 Å². The maximum absolute atomic E-state index is 14.4. The summed E-state index contributed by atoms with van der Waals surface area (Å²) in [6.07, 6.45) is 7.23. The van der Waals surface area contributed by atoms with Crippen LogP contribution in [-0.2, 0) is 4.79 Å². The second kappa shape index (κ2) is 9.73. The first-order valence-corrected chi connectivity index (χ1v) is 10.4. The minimum absolute atomic E-state index is 0.227. The van der Waals surface area contributed by atoms with E-state index < -0.39 is 23.0 Å². The Kier molecular flexibility index (Phi) is 7.01. The van der Waals surface area contributed by atoms with E-state index in [-0.39, 0.29) is 12.1 Å². The standard InChI is InChI=1S/C26H26F2N4O/c1-5-7-8-16(6-2)23-31-22-12-9-17(19-11-10-18(27)14-21(19)28)13-20(22)24(32-23)30-15-26(3,4)25(29)33/h5-14H,2,15H2,1,3-4H3,(H2,29,33)(H,30,31,32)/b7-5-,16-8+. The van der Waals surface area contributed by atoms with Crippen molar-refractivity contribution in [1.29, 1.82) is 0 Å². The van der Waals surface area contributed by atoms with Crippen molar-refractivity contribution in [2.75, 3.05) is 11.9 Å². The molecule has 1 amide bonds. The van der Waals surface area contributed by atoms with E-state index in [2.05, 4.69) is 21.9 Å². The summed E-state index contributed by atoms with van der Waals surface area (Å²) in [4.78, 5) is 21.1. The monoisotopic (exact) mass is 448 g/mol. The van der Waals surface area contributed by atoms with Crippen LogP contribution >= 0.6 is 0 Å². The number of carbonyl (C=O) groups excluding carboxylic acids is 1. The molecule has 0 spiro atoms. The number of carbonyl (C=O) groups is 1. The summed E-state index contributed by atoms with van der Waals surface area (Å²) in [7, 11) is 0. The lowest BCUT2D eigenvalue weighted by molar-refractivity contribution is -0.125. The fourth-order valence-electron chi connectivity index (χ4n) is 3.11. The van der Waals surface area contributed by atoms with Crippen LogP contribution < -0.4 is 11.1 Å². The fourth-order valence-corrected chi connectivity index (χ4v) is 3.11. The zero-order valence-electron chi connectivity index (χ0n) is 18.8. The van der Waals surface area contributed by atoms with Gasteiger partial charge in [-0.2, -0.15) is 0 Å². The predicted molar refractivity (Wildman–Crippen MR) is 129 cm³/mol. The number of hydrogen-bond donors (Lipinski definition) is 2. The van der Waals surface area contributed by atoms with Gasteiger partial charge < -0.3 is 11.1 Å². The van der Waals surface area contributed by atoms with Gasteiger partial charge in [-0.25, -0.2) is 18.7 Å². The van der Waals surface area contributed by atoms with E-state index in [1.54, 1.807) is 38.1 Å². The molecule has 7 heteroatoms. The fraction of sp³-hybridized carbons (Fsp3) is 0.192. The highest BCUT2D eigenvalue weighted by Crippen LogP contribution is 2.31. The number of rotatable bonds is 8. The Bertz CT molecular complexity index is 1280. The van der Waals surface area contributed by atoms with Crippen molar-refractivity contribution in [3.05, 3.63) is 84.7 Å². The second-order valence-corrected chi connectivity index (χ2v) is 8.21. The molecule has 1 heterocycles. The zero-order chi connectivity index (χ0) is 24.2. The topological polar surface area (TPSA) is 80.9 Å². The summed E-state index contributed by atoms with van der Waals surface area (Å²) < 4.78 is 27.8. The van der Waals surface area contributed by atoms with Crippen molar-refractivity contribution >= 4 is 28.2 Å². The lowest BCUT2D eigenvalue weighted by Crippen LogP contribution is -2.37. The van der Waals surface area contributed by atoms with E-state index >= 15 is 0 Å². The molecule has 0 aliphatic carbocycles. The Hall–Kier alpha value is -3.87. The van der Waals surface area contributed by atoms with Crippen LogP contribution in [0.25, 0.3) is 27.6 Å². The number of primary amides is 1. The Balaban J connectivity index is 2.19. The lowest BCUT2D eigenvalue weighted by Gasteiger charge is -2.22. The Morgan fingerprint density at radius 1 is 1.18 bits per heavy atom. The summed E-state index contributed by atoms with van der Waals surface area (Å²) in [6, 6.07) is 8.64. The smallest absolute Gasteiger partial charge is 0.224 e. The number of benzene rings is 2. The highest BCUT2D eigenvalue weighted by atomic mass is 19.1. The summed E-state index contributed by atoms with van der Waals surface area (Å²) >= 11 is 0. The summed E-state index contributed by atoms with van der Waals surface area (Å²) in [5.74, 6) is -0.870.